The van der Waals surface area contributed by atoms with Crippen molar-refractivity contribution in [3.63, 3.8) is 0 Å². The van der Waals surface area contributed by atoms with E-state index in [1.807, 2.05) is 0 Å². The summed E-state index contributed by atoms with van der Waals surface area (Å²) < 4.78 is 0. The van der Waals surface area contributed by atoms with Crippen LogP contribution in [-0.4, -0.2) is 40.6 Å². The molecule has 2 rings (SSSR count). The van der Waals surface area contributed by atoms with Crippen LogP contribution in [0.25, 0.3) is 0 Å². The molecule has 0 aliphatic carbocycles. The van der Waals surface area contributed by atoms with Crippen molar-refractivity contribution < 1.29 is 19.8 Å². The van der Waals surface area contributed by atoms with Gasteiger partial charge in [0.15, 0.2) is 0 Å². The molecule has 0 saturated carbocycles. The predicted octanol–water partition coefficient (Wildman–Crippen LogP) is 1.61. The van der Waals surface area contributed by atoms with Gasteiger partial charge in [0, 0.05) is 6.04 Å². The SMILES string of the molecule is CN1CCC[C@H]1c1ccccc1.O=C(O)C(=O)O. The largest absolute Gasteiger partial charge is 0.473 e. The summed E-state index contributed by atoms with van der Waals surface area (Å²) in [6, 6.07) is 11.5. The second-order valence-corrected chi connectivity index (χ2v) is 4.16. The maximum Gasteiger partial charge on any atom is 0.414 e. The Hall–Kier alpha value is -1.88. The summed E-state index contributed by atoms with van der Waals surface area (Å²) in [5.41, 5.74) is 1.47. The monoisotopic (exact) mass is 251 g/mol. The first-order valence-corrected chi connectivity index (χ1v) is 5.73. The van der Waals surface area contributed by atoms with Crippen molar-refractivity contribution in [2.24, 2.45) is 0 Å². The fraction of sp³-hybridized carbons (Fsp3) is 0.385. The third-order valence-electron chi connectivity index (χ3n) is 2.89. The first-order valence-electron chi connectivity index (χ1n) is 5.73. The van der Waals surface area contributed by atoms with Crippen molar-refractivity contribution in [3.05, 3.63) is 35.9 Å². The van der Waals surface area contributed by atoms with Crippen LogP contribution < -0.4 is 0 Å². The molecular weight excluding hydrogens is 234 g/mol. The first kappa shape index (κ1) is 14.2. The van der Waals surface area contributed by atoms with Crippen LogP contribution >= 0.6 is 0 Å². The molecule has 1 aliphatic heterocycles. The van der Waals surface area contributed by atoms with E-state index in [-0.39, 0.29) is 0 Å². The van der Waals surface area contributed by atoms with E-state index >= 15 is 0 Å². The summed E-state index contributed by atoms with van der Waals surface area (Å²) >= 11 is 0. The van der Waals surface area contributed by atoms with E-state index in [2.05, 4.69) is 42.3 Å². The van der Waals surface area contributed by atoms with Gasteiger partial charge in [0.05, 0.1) is 0 Å². The fourth-order valence-electron chi connectivity index (χ4n) is 2.01. The average Bonchev–Trinajstić information content (AvgIpc) is 2.77. The van der Waals surface area contributed by atoms with Gasteiger partial charge in [-0.15, -0.1) is 0 Å². The molecule has 1 fully saturated rings. The van der Waals surface area contributed by atoms with Crippen molar-refractivity contribution in [1.29, 1.82) is 0 Å². The summed E-state index contributed by atoms with van der Waals surface area (Å²) in [7, 11) is 2.21. The van der Waals surface area contributed by atoms with Crippen LogP contribution in [0.4, 0.5) is 0 Å². The van der Waals surface area contributed by atoms with Gasteiger partial charge in [0.1, 0.15) is 0 Å². The van der Waals surface area contributed by atoms with Crippen LogP contribution in [0.1, 0.15) is 24.4 Å². The Morgan fingerprint density at radius 3 is 2.11 bits per heavy atom. The molecule has 0 bridgehead atoms. The van der Waals surface area contributed by atoms with Gasteiger partial charge in [-0.25, -0.2) is 9.59 Å². The van der Waals surface area contributed by atoms with Crippen LogP contribution in [0.15, 0.2) is 30.3 Å². The molecule has 5 nitrogen and oxygen atoms in total. The average molecular weight is 251 g/mol. The number of aliphatic carboxylic acids is 2. The molecule has 1 aliphatic rings. The number of carboxylic acid groups (broad SMARTS) is 2. The molecule has 1 heterocycles. The van der Waals surface area contributed by atoms with Crippen LogP contribution in [0.3, 0.4) is 0 Å². The lowest BCUT2D eigenvalue weighted by molar-refractivity contribution is -0.159. The van der Waals surface area contributed by atoms with Crippen molar-refractivity contribution >= 4 is 11.9 Å². The lowest BCUT2D eigenvalue weighted by atomic mass is 10.1. The molecule has 0 amide bonds. The summed E-state index contributed by atoms with van der Waals surface area (Å²) in [4.78, 5) is 20.6. The van der Waals surface area contributed by atoms with E-state index in [0.717, 1.165) is 0 Å². The lowest BCUT2D eigenvalue weighted by Gasteiger charge is -2.19. The highest BCUT2D eigenvalue weighted by atomic mass is 16.4. The maximum absolute atomic E-state index is 9.10. The zero-order chi connectivity index (χ0) is 13.5. The van der Waals surface area contributed by atoms with Gasteiger partial charge in [-0.3, -0.25) is 4.90 Å². The number of carboxylic acids is 2. The number of likely N-dealkylation sites (tertiary alicyclic amines) is 1. The molecule has 1 aromatic rings. The summed E-state index contributed by atoms with van der Waals surface area (Å²) in [6.45, 7) is 1.25. The second kappa shape index (κ2) is 6.76. The third kappa shape index (κ3) is 4.18. The lowest BCUT2D eigenvalue weighted by Crippen LogP contribution is -2.17. The molecule has 1 saturated heterocycles. The van der Waals surface area contributed by atoms with Gasteiger partial charge in [-0.05, 0) is 32.0 Å². The minimum Gasteiger partial charge on any atom is -0.473 e. The van der Waals surface area contributed by atoms with Crippen molar-refractivity contribution in [2.45, 2.75) is 18.9 Å². The van der Waals surface area contributed by atoms with Crippen molar-refractivity contribution in [3.8, 4) is 0 Å². The highest BCUT2D eigenvalue weighted by Gasteiger charge is 2.21. The Balaban J connectivity index is 0.000000232. The Morgan fingerprint density at radius 1 is 1.17 bits per heavy atom. The van der Waals surface area contributed by atoms with E-state index in [1.54, 1.807) is 0 Å². The van der Waals surface area contributed by atoms with Crippen LogP contribution in [0, 0.1) is 0 Å². The topological polar surface area (TPSA) is 77.8 Å². The summed E-state index contributed by atoms with van der Waals surface area (Å²) in [5.74, 6) is -3.65. The summed E-state index contributed by atoms with van der Waals surface area (Å²) in [5, 5.41) is 14.8. The second-order valence-electron chi connectivity index (χ2n) is 4.16. The molecule has 0 radical (unpaired) electrons. The predicted molar refractivity (Wildman–Crippen MR) is 66.3 cm³/mol. The number of benzene rings is 1. The van der Waals surface area contributed by atoms with Crippen LogP contribution in [0.2, 0.25) is 0 Å². The first-order chi connectivity index (χ1) is 8.52. The standard InChI is InChI=1S/C11H15N.C2H2O4/c1-12-9-5-8-11(12)10-6-3-2-4-7-10;3-1(4)2(5)6/h2-4,6-7,11H,5,8-9H2,1H3;(H,3,4)(H,5,6)/t11-;/m0./s1. The number of hydrogen-bond donors (Lipinski definition) is 2. The van der Waals surface area contributed by atoms with E-state index in [1.165, 1.54) is 24.9 Å². The van der Waals surface area contributed by atoms with Gasteiger partial charge in [-0.2, -0.15) is 0 Å². The van der Waals surface area contributed by atoms with E-state index < -0.39 is 11.9 Å². The molecule has 1 aromatic carbocycles. The Labute approximate surface area is 106 Å². The Kier molecular flexibility index (Phi) is 5.32. The quantitative estimate of drug-likeness (QED) is 0.741. The molecule has 0 spiro atoms. The number of nitrogens with zero attached hydrogens (tertiary/aromatic N) is 1. The van der Waals surface area contributed by atoms with E-state index in [0.29, 0.717) is 6.04 Å². The molecular formula is C13H17NO4. The van der Waals surface area contributed by atoms with Crippen LogP contribution in [0.5, 0.6) is 0 Å². The zero-order valence-corrected chi connectivity index (χ0v) is 10.2. The van der Waals surface area contributed by atoms with Gasteiger partial charge in [0.25, 0.3) is 0 Å². The number of rotatable bonds is 1. The van der Waals surface area contributed by atoms with Crippen molar-refractivity contribution in [1.82, 2.24) is 4.90 Å². The molecule has 18 heavy (non-hydrogen) atoms. The molecule has 0 unspecified atom stereocenters. The Morgan fingerprint density at radius 2 is 1.72 bits per heavy atom. The minimum absolute atomic E-state index is 0.672. The molecule has 5 heteroatoms. The zero-order valence-electron chi connectivity index (χ0n) is 10.2. The van der Waals surface area contributed by atoms with Crippen molar-refractivity contribution in [2.75, 3.05) is 13.6 Å². The van der Waals surface area contributed by atoms with Gasteiger partial charge in [0.2, 0.25) is 0 Å². The molecule has 2 N–H and O–H groups in total. The minimum atomic E-state index is -1.82. The number of carbonyl (C=O) groups is 2. The van der Waals surface area contributed by atoms with Gasteiger partial charge in [-0.1, -0.05) is 30.3 Å². The normalized spacial score (nSPS) is 18.8. The van der Waals surface area contributed by atoms with Crippen LogP contribution in [-0.2, 0) is 9.59 Å². The molecule has 98 valence electrons. The van der Waals surface area contributed by atoms with E-state index in [9.17, 15) is 0 Å². The molecule has 0 aromatic heterocycles. The highest BCUT2D eigenvalue weighted by molar-refractivity contribution is 6.27. The number of hydrogen-bond acceptors (Lipinski definition) is 3. The van der Waals surface area contributed by atoms with Gasteiger partial charge < -0.3 is 10.2 Å². The smallest absolute Gasteiger partial charge is 0.414 e. The van der Waals surface area contributed by atoms with Gasteiger partial charge >= 0.3 is 11.9 Å². The highest BCUT2D eigenvalue weighted by Crippen LogP contribution is 2.29. The van der Waals surface area contributed by atoms with E-state index in [4.69, 9.17) is 19.8 Å². The molecule has 1 atom stereocenters. The fourth-order valence-corrected chi connectivity index (χ4v) is 2.01. The maximum atomic E-state index is 9.10. The summed E-state index contributed by atoms with van der Waals surface area (Å²) in [6.07, 6.45) is 2.66. The Bertz CT molecular complexity index is 393. The third-order valence-corrected chi connectivity index (χ3v) is 2.89.